The molecule has 0 bridgehead atoms. The van der Waals surface area contributed by atoms with Crippen LogP contribution in [-0.4, -0.2) is 57.1 Å². The van der Waals surface area contributed by atoms with Gasteiger partial charge in [0.2, 0.25) is 5.91 Å². The van der Waals surface area contributed by atoms with Gasteiger partial charge in [0.1, 0.15) is 5.75 Å². The van der Waals surface area contributed by atoms with E-state index in [4.69, 9.17) is 4.74 Å². The van der Waals surface area contributed by atoms with Gasteiger partial charge in [-0.25, -0.2) is 0 Å². The number of methoxy groups -OCH3 is 1. The van der Waals surface area contributed by atoms with E-state index in [2.05, 4.69) is 49.7 Å². The summed E-state index contributed by atoms with van der Waals surface area (Å²) in [5.41, 5.74) is 2.98. The minimum Gasteiger partial charge on any atom is -0.495 e. The van der Waals surface area contributed by atoms with E-state index in [9.17, 15) is 4.79 Å². The van der Waals surface area contributed by atoms with E-state index in [1.54, 1.807) is 7.11 Å². The lowest BCUT2D eigenvalue weighted by molar-refractivity contribution is -0.114. The van der Waals surface area contributed by atoms with Gasteiger partial charge in [-0.1, -0.05) is 24.3 Å². The van der Waals surface area contributed by atoms with E-state index in [1.807, 2.05) is 31.3 Å². The molecule has 2 aromatic rings. The number of ether oxygens (including phenoxy) is 1. The van der Waals surface area contributed by atoms with Crippen molar-refractivity contribution in [2.45, 2.75) is 13.5 Å². The molecule has 0 spiro atoms. The fourth-order valence-corrected chi connectivity index (χ4v) is 3.48. The molecular formula is C22H29N5O2. The molecule has 0 aromatic heterocycles. The molecule has 0 unspecified atom stereocenters. The Morgan fingerprint density at radius 3 is 2.45 bits per heavy atom. The van der Waals surface area contributed by atoms with E-state index in [0.29, 0.717) is 18.0 Å². The minimum absolute atomic E-state index is 0.125. The first-order valence-corrected chi connectivity index (χ1v) is 9.81. The van der Waals surface area contributed by atoms with E-state index >= 15 is 0 Å². The number of guanidine groups is 1. The third-order valence-electron chi connectivity index (χ3n) is 4.94. The van der Waals surface area contributed by atoms with Crippen LogP contribution in [0.25, 0.3) is 0 Å². The average Bonchev–Trinajstić information content (AvgIpc) is 2.75. The van der Waals surface area contributed by atoms with Crippen LogP contribution < -0.4 is 20.3 Å². The summed E-state index contributed by atoms with van der Waals surface area (Å²) in [6.45, 7) is 5.84. The fourth-order valence-electron chi connectivity index (χ4n) is 3.48. The Labute approximate surface area is 172 Å². The number of aliphatic imine (C=N–C) groups is 1. The van der Waals surface area contributed by atoms with Gasteiger partial charge in [0.25, 0.3) is 0 Å². The topological polar surface area (TPSA) is 69.2 Å². The Hall–Kier alpha value is -3.22. The number of para-hydroxylation sites is 1. The zero-order valence-electron chi connectivity index (χ0n) is 17.3. The van der Waals surface area contributed by atoms with Gasteiger partial charge in [-0.05, 0) is 29.8 Å². The van der Waals surface area contributed by atoms with Gasteiger partial charge in [-0.2, -0.15) is 0 Å². The molecule has 1 aliphatic rings. The fraction of sp³-hybridized carbons (Fsp3) is 0.364. The number of hydrogen-bond donors (Lipinski definition) is 2. The van der Waals surface area contributed by atoms with Crippen molar-refractivity contribution < 1.29 is 9.53 Å². The summed E-state index contributed by atoms with van der Waals surface area (Å²) in [5.74, 6) is 1.40. The van der Waals surface area contributed by atoms with Crippen molar-refractivity contribution in [2.24, 2.45) is 4.99 Å². The molecule has 1 amide bonds. The number of benzene rings is 2. The second-order valence-electron chi connectivity index (χ2n) is 6.93. The zero-order chi connectivity index (χ0) is 20.6. The van der Waals surface area contributed by atoms with Crippen molar-refractivity contribution in [3.05, 3.63) is 54.1 Å². The number of nitrogens with zero attached hydrogens (tertiary/aromatic N) is 3. The molecule has 7 heteroatoms. The predicted octanol–water partition coefficient (Wildman–Crippen LogP) is 2.55. The zero-order valence-corrected chi connectivity index (χ0v) is 17.3. The standard InChI is InChI=1S/C22H29N5O2/c1-17(28)25-20-15-18(9-10-21(20)29-3)16-24-22(23-2)27-13-11-26(12-14-27)19-7-5-4-6-8-19/h4-10,15H,11-14,16H2,1-3H3,(H,23,24)(H,25,28). The van der Waals surface area contributed by atoms with E-state index in [-0.39, 0.29) is 5.91 Å². The monoisotopic (exact) mass is 395 g/mol. The first-order chi connectivity index (χ1) is 14.1. The van der Waals surface area contributed by atoms with Gasteiger partial charge in [0.15, 0.2) is 5.96 Å². The molecule has 0 saturated carbocycles. The molecule has 1 heterocycles. The Balaban J connectivity index is 1.58. The number of nitrogens with one attached hydrogen (secondary N) is 2. The Bertz CT molecular complexity index is 846. The quantitative estimate of drug-likeness (QED) is 0.602. The Morgan fingerprint density at radius 1 is 1.10 bits per heavy atom. The van der Waals surface area contributed by atoms with Gasteiger partial charge in [0.05, 0.1) is 12.8 Å². The Morgan fingerprint density at radius 2 is 1.83 bits per heavy atom. The van der Waals surface area contributed by atoms with E-state index in [0.717, 1.165) is 37.7 Å². The van der Waals surface area contributed by atoms with Crippen LogP contribution in [0.4, 0.5) is 11.4 Å². The van der Waals surface area contributed by atoms with Crippen LogP contribution in [0.3, 0.4) is 0 Å². The maximum atomic E-state index is 11.4. The minimum atomic E-state index is -0.125. The highest BCUT2D eigenvalue weighted by molar-refractivity contribution is 5.90. The van der Waals surface area contributed by atoms with Gasteiger partial charge < -0.3 is 25.2 Å². The van der Waals surface area contributed by atoms with Crippen molar-refractivity contribution >= 4 is 23.2 Å². The summed E-state index contributed by atoms with van der Waals surface area (Å²) in [6, 6.07) is 16.3. The molecule has 1 saturated heterocycles. The maximum absolute atomic E-state index is 11.4. The number of hydrogen-bond acceptors (Lipinski definition) is 4. The number of rotatable bonds is 5. The molecule has 3 rings (SSSR count). The van der Waals surface area contributed by atoms with Crippen LogP contribution in [0.1, 0.15) is 12.5 Å². The summed E-state index contributed by atoms with van der Waals surface area (Å²) in [5, 5.41) is 6.24. The molecule has 1 fully saturated rings. The summed E-state index contributed by atoms with van der Waals surface area (Å²) in [7, 11) is 3.40. The van der Waals surface area contributed by atoms with Crippen molar-refractivity contribution in [1.82, 2.24) is 10.2 Å². The molecule has 0 radical (unpaired) electrons. The third-order valence-corrected chi connectivity index (χ3v) is 4.94. The molecule has 29 heavy (non-hydrogen) atoms. The highest BCUT2D eigenvalue weighted by Crippen LogP contribution is 2.25. The maximum Gasteiger partial charge on any atom is 0.221 e. The van der Waals surface area contributed by atoms with Crippen molar-refractivity contribution in [3.8, 4) is 5.75 Å². The number of anilines is 2. The predicted molar refractivity (Wildman–Crippen MR) is 118 cm³/mol. The second kappa shape index (κ2) is 9.82. The first-order valence-electron chi connectivity index (χ1n) is 9.81. The average molecular weight is 396 g/mol. The molecule has 0 atom stereocenters. The van der Waals surface area contributed by atoms with Crippen LogP contribution >= 0.6 is 0 Å². The molecule has 154 valence electrons. The van der Waals surface area contributed by atoms with Crippen molar-refractivity contribution in [2.75, 3.05) is 50.6 Å². The number of carbonyl (C=O) groups is 1. The molecule has 1 aliphatic heterocycles. The summed E-state index contributed by atoms with van der Waals surface area (Å²) >= 11 is 0. The lowest BCUT2D eigenvalue weighted by Gasteiger charge is -2.37. The van der Waals surface area contributed by atoms with Crippen LogP contribution in [0, 0.1) is 0 Å². The smallest absolute Gasteiger partial charge is 0.221 e. The lowest BCUT2D eigenvalue weighted by Crippen LogP contribution is -2.52. The lowest BCUT2D eigenvalue weighted by atomic mass is 10.2. The van der Waals surface area contributed by atoms with Gasteiger partial charge in [0, 0.05) is 52.4 Å². The molecule has 7 nitrogen and oxygen atoms in total. The first kappa shape index (κ1) is 20.5. The Kier molecular flexibility index (Phi) is 6.94. The second-order valence-corrected chi connectivity index (χ2v) is 6.93. The number of amides is 1. The van der Waals surface area contributed by atoms with E-state index in [1.165, 1.54) is 12.6 Å². The van der Waals surface area contributed by atoms with Crippen molar-refractivity contribution in [1.29, 1.82) is 0 Å². The largest absolute Gasteiger partial charge is 0.495 e. The summed E-state index contributed by atoms with van der Waals surface area (Å²) in [6.07, 6.45) is 0. The summed E-state index contributed by atoms with van der Waals surface area (Å²) < 4.78 is 5.32. The SMILES string of the molecule is CN=C(NCc1ccc(OC)c(NC(C)=O)c1)N1CCN(c2ccccc2)CC1. The van der Waals surface area contributed by atoms with Crippen LogP contribution in [0.15, 0.2) is 53.5 Å². The van der Waals surface area contributed by atoms with Gasteiger partial charge in [-0.3, -0.25) is 9.79 Å². The molecular weight excluding hydrogens is 366 g/mol. The highest BCUT2D eigenvalue weighted by Gasteiger charge is 2.19. The molecule has 2 N–H and O–H groups in total. The third kappa shape index (κ3) is 5.40. The van der Waals surface area contributed by atoms with Crippen molar-refractivity contribution in [3.63, 3.8) is 0 Å². The summed E-state index contributed by atoms with van der Waals surface area (Å²) in [4.78, 5) is 20.5. The molecule has 0 aliphatic carbocycles. The van der Waals surface area contributed by atoms with Crippen LogP contribution in [-0.2, 0) is 11.3 Å². The molecule has 2 aromatic carbocycles. The number of carbonyl (C=O) groups excluding carboxylic acids is 1. The highest BCUT2D eigenvalue weighted by atomic mass is 16.5. The van der Waals surface area contributed by atoms with Crippen LogP contribution in [0.5, 0.6) is 5.75 Å². The van der Waals surface area contributed by atoms with Gasteiger partial charge in [-0.15, -0.1) is 0 Å². The van der Waals surface area contributed by atoms with Crippen LogP contribution in [0.2, 0.25) is 0 Å². The van der Waals surface area contributed by atoms with Gasteiger partial charge >= 0.3 is 0 Å². The normalized spacial score (nSPS) is 14.5. The number of piperazine rings is 1. The van der Waals surface area contributed by atoms with E-state index < -0.39 is 0 Å².